The van der Waals surface area contributed by atoms with Gasteiger partial charge in [-0.1, -0.05) is 11.6 Å². The van der Waals surface area contributed by atoms with E-state index in [1.54, 1.807) is 0 Å². The highest BCUT2D eigenvalue weighted by Gasteiger charge is 2.25. The van der Waals surface area contributed by atoms with E-state index in [4.69, 9.17) is 11.6 Å². The molecule has 82 valence electrons. The number of nitro groups is 1. The number of carbonyl (C=O) groups excluding carboxylic acids is 1. The van der Waals surface area contributed by atoms with Crippen LogP contribution in [0.2, 0.25) is 5.02 Å². The molecule has 1 rings (SSSR count). The van der Waals surface area contributed by atoms with E-state index in [9.17, 15) is 14.9 Å². The molecule has 0 N–H and O–H groups in total. The van der Waals surface area contributed by atoms with E-state index in [1.807, 2.05) is 0 Å². The Labute approximate surface area is 89.7 Å². The van der Waals surface area contributed by atoms with Crippen LogP contribution >= 0.6 is 11.6 Å². The predicted octanol–water partition coefficient (Wildman–Crippen LogP) is 1.18. The average molecular weight is 234 g/mol. The van der Waals surface area contributed by atoms with Crippen LogP contribution < -0.4 is 0 Å². The fourth-order valence-corrected chi connectivity index (χ4v) is 1.17. The average Bonchev–Trinajstić information content (AvgIpc) is 2.58. The van der Waals surface area contributed by atoms with Gasteiger partial charge >= 0.3 is 11.8 Å². The summed E-state index contributed by atoms with van der Waals surface area (Å²) in [5.74, 6) is -1.03. The SMILES string of the molecule is COC(=O)[C@@H](C)n1cc(Cl)c([N+](=O)[O-])n1. The summed E-state index contributed by atoms with van der Waals surface area (Å²) < 4.78 is 5.55. The summed E-state index contributed by atoms with van der Waals surface area (Å²) in [6.07, 6.45) is 1.21. The summed E-state index contributed by atoms with van der Waals surface area (Å²) in [5, 5.41) is 13.9. The van der Waals surface area contributed by atoms with Gasteiger partial charge in [-0.05, 0) is 11.8 Å². The van der Waals surface area contributed by atoms with Crippen LogP contribution in [0.5, 0.6) is 0 Å². The Morgan fingerprint density at radius 2 is 2.40 bits per heavy atom. The molecule has 8 heteroatoms. The van der Waals surface area contributed by atoms with Gasteiger partial charge < -0.3 is 14.9 Å². The molecule has 0 aliphatic heterocycles. The lowest BCUT2D eigenvalue weighted by Gasteiger charge is -2.04. The minimum Gasteiger partial charge on any atom is -0.467 e. The topological polar surface area (TPSA) is 87.3 Å². The first kappa shape index (κ1) is 11.4. The second kappa shape index (κ2) is 4.26. The molecule has 1 heterocycles. The van der Waals surface area contributed by atoms with E-state index in [1.165, 1.54) is 20.2 Å². The lowest BCUT2D eigenvalue weighted by molar-refractivity contribution is -0.389. The molecule has 0 bridgehead atoms. The highest BCUT2D eigenvalue weighted by molar-refractivity contribution is 6.32. The number of hydrogen-bond acceptors (Lipinski definition) is 5. The molecular weight excluding hydrogens is 226 g/mol. The molecule has 0 spiro atoms. The van der Waals surface area contributed by atoms with Crippen molar-refractivity contribution in [1.29, 1.82) is 0 Å². The zero-order chi connectivity index (χ0) is 11.6. The van der Waals surface area contributed by atoms with Gasteiger partial charge in [-0.3, -0.25) is 0 Å². The van der Waals surface area contributed by atoms with Crippen molar-refractivity contribution in [2.75, 3.05) is 7.11 Å². The number of carbonyl (C=O) groups is 1. The Hall–Kier alpha value is -1.63. The molecule has 0 saturated carbocycles. The normalized spacial score (nSPS) is 12.2. The molecule has 15 heavy (non-hydrogen) atoms. The summed E-state index contributed by atoms with van der Waals surface area (Å²) in [7, 11) is 1.22. The molecule has 0 radical (unpaired) electrons. The maximum Gasteiger partial charge on any atom is 0.408 e. The largest absolute Gasteiger partial charge is 0.467 e. The third kappa shape index (κ3) is 2.24. The smallest absolute Gasteiger partial charge is 0.408 e. The number of rotatable bonds is 3. The van der Waals surface area contributed by atoms with Crippen LogP contribution in [0.25, 0.3) is 0 Å². The Bertz CT molecular complexity index is 403. The highest BCUT2D eigenvalue weighted by Crippen LogP contribution is 2.23. The highest BCUT2D eigenvalue weighted by atomic mass is 35.5. The molecule has 1 atom stereocenters. The maximum atomic E-state index is 11.1. The molecule has 0 unspecified atom stereocenters. The summed E-state index contributed by atoms with van der Waals surface area (Å²) in [6, 6.07) is -0.749. The van der Waals surface area contributed by atoms with Gasteiger partial charge in [-0.15, -0.1) is 0 Å². The molecule has 0 saturated heterocycles. The molecule has 0 fully saturated rings. The number of aromatic nitrogens is 2. The van der Waals surface area contributed by atoms with Gasteiger partial charge in [0.2, 0.25) is 0 Å². The van der Waals surface area contributed by atoms with Crippen LogP contribution in [-0.4, -0.2) is 27.8 Å². The minimum absolute atomic E-state index is 0.115. The van der Waals surface area contributed by atoms with Crippen molar-refractivity contribution in [2.45, 2.75) is 13.0 Å². The second-order valence-electron chi connectivity index (χ2n) is 2.74. The van der Waals surface area contributed by atoms with Gasteiger partial charge in [0.1, 0.15) is 0 Å². The van der Waals surface area contributed by atoms with Crippen molar-refractivity contribution in [1.82, 2.24) is 9.78 Å². The van der Waals surface area contributed by atoms with Gasteiger partial charge in [0.25, 0.3) is 0 Å². The third-order valence-corrected chi connectivity index (χ3v) is 2.05. The molecular formula is C7H8ClN3O4. The van der Waals surface area contributed by atoms with E-state index >= 15 is 0 Å². The fraction of sp³-hybridized carbons (Fsp3) is 0.429. The Morgan fingerprint density at radius 1 is 1.80 bits per heavy atom. The standard InChI is InChI=1S/C7H8ClN3O4/c1-4(7(12)15-2)10-3-5(8)6(9-10)11(13)14/h3-4H,1-2H3/t4-/m1/s1. The number of hydrogen-bond donors (Lipinski definition) is 0. The van der Waals surface area contributed by atoms with Crippen LogP contribution in [0.3, 0.4) is 0 Å². The summed E-state index contributed by atoms with van der Waals surface area (Å²) in [6.45, 7) is 1.50. The van der Waals surface area contributed by atoms with Crippen LogP contribution in [0.4, 0.5) is 5.82 Å². The van der Waals surface area contributed by atoms with Crippen molar-refractivity contribution < 1.29 is 14.5 Å². The summed E-state index contributed by atoms with van der Waals surface area (Å²) in [4.78, 5) is 20.8. The van der Waals surface area contributed by atoms with Crippen molar-refractivity contribution in [3.05, 3.63) is 21.3 Å². The zero-order valence-corrected chi connectivity index (χ0v) is 8.76. The lowest BCUT2D eigenvalue weighted by atomic mass is 10.3. The molecule has 7 nitrogen and oxygen atoms in total. The second-order valence-corrected chi connectivity index (χ2v) is 3.14. The predicted molar refractivity (Wildman–Crippen MR) is 50.6 cm³/mol. The number of nitrogens with zero attached hydrogens (tertiary/aromatic N) is 3. The first-order valence-corrected chi connectivity index (χ1v) is 4.32. The van der Waals surface area contributed by atoms with Gasteiger partial charge in [0.05, 0.1) is 18.4 Å². The molecule has 0 aliphatic rings. The molecule has 1 aromatic rings. The zero-order valence-electron chi connectivity index (χ0n) is 8.01. The summed E-state index contributed by atoms with van der Waals surface area (Å²) in [5.41, 5.74) is 0. The van der Waals surface area contributed by atoms with Gasteiger partial charge in [-0.25, -0.2) is 4.79 Å². The van der Waals surface area contributed by atoms with Crippen molar-refractivity contribution >= 4 is 23.4 Å². The van der Waals surface area contributed by atoms with Gasteiger partial charge in [-0.2, -0.15) is 4.68 Å². The van der Waals surface area contributed by atoms with Crippen LogP contribution in [0.15, 0.2) is 6.20 Å². The van der Waals surface area contributed by atoms with Crippen molar-refractivity contribution in [3.8, 4) is 0 Å². The Kier molecular flexibility index (Phi) is 3.25. The Balaban J connectivity index is 3.02. The van der Waals surface area contributed by atoms with Crippen LogP contribution in [0, 0.1) is 10.1 Å². The first-order chi connectivity index (χ1) is 6.97. The number of esters is 1. The van der Waals surface area contributed by atoms with E-state index in [0.29, 0.717) is 0 Å². The number of methoxy groups -OCH3 is 1. The van der Waals surface area contributed by atoms with E-state index < -0.39 is 22.8 Å². The van der Waals surface area contributed by atoms with E-state index in [0.717, 1.165) is 4.68 Å². The fourth-order valence-electron chi connectivity index (χ4n) is 0.961. The molecule has 0 aliphatic carbocycles. The maximum absolute atomic E-state index is 11.1. The first-order valence-electron chi connectivity index (χ1n) is 3.94. The monoisotopic (exact) mass is 233 g/mol. The molecule has 0 aromatic carbocycles. The Morgan fingerprint density at radius 3 is 2.80 bits per heavy atom. The van der Waals surface area contributed by atoms with Crippen molar-refractivity contribution in [3.63, 3.8) is 0 Å². The molecule has 0 amide bonds. The van der Waals surface area contributed by atoms with Gasteiger partial charge in [0, 0.05) is 0 Å². The van der Waals surface area contributed by atoms with Crippen molar-refractivity contribution in [2.24, 2.45) is 0 Å². The van der Waals surface area contributed by atoms with Crippen LogP contribution in [0.1, 0.15) is 13.0 Å². The van der Waals surface area contributed by atoms with Crippen LogP contribution in [-0.2, 0) is 9.53 Å². The number of ether oxygens (including phenoxy) is 1. The number of halogens is 1. The third-order valence-electron chi connectivity index (χ3n) is 1.78. The minimum atomic E-state index is -0.749. The van der Waals surface area contributed by atoms with Gasteiger partial charge in [0.15, 0.2) is 11.1 Å². The summed E-state index contributed by atoms with van der Waals surface area (Å²) >= 11 is 5.55. The van der Waals surface area contributed by atoms with E-state index in [2.05, 4.69) is 9.84 Å². The quantitative estimate of drug-likeness (QED) is 0.444. The lowest BCUT2D eigenvalue weighted by Crippen LogP contribution is -2.18. The molecule has 1 aromatic heterocycles. The van der Waals surface area contributed by atoms with E-state index in [-0.39, 0.29) is 5.02 Å².